The van der Waals surface area contributed by atoms with Gasteiger partial charge in [-0.15, -0.1) is 37.1 Å². The first kappa shape index (κ1) is 26.2. The van der Waals surface area contributed by atoms with Crippen LogP contribution < -0.4 is 16.0 Å². The first-order chi connectivity index (χ1) is 14.0. The van der Waals surface area contributed by atoms with E-state index in [-0.39, 0.29) is 35.8 Å². The van der Waals surface area contributed by atoms with Gasteiger partial charge in [-0.25, -0.2) is 0 Å². The summed E-state index contributed by atoms with van der Waals surface area (Å²) in [6.07, 6.45) is 4.33. The predicted molar refractivity (Wildman–Crippen MR) is 138 cm³/mol. The van der Waals surface area contributed by atoms with E-state index in [4.69, 9.17) is 0 Å². The summed E-state index contributed by atoms with van der Waals surface area (Å²) < 4.78 is 0. The summed E-state index contributed by atoms with van der Waals surface area (Å²) in [6, 6.07) is 8.31. The van der Waals surface area contributed by atoms with Crippen molar-refractivity contribution in [2.24, 2.45) is 10.9 Å². The number of hydrogen-bond acceptors (Lipinski definition) is 3. The molecule has 1 amide bonds. The Labute approximate surface area is 198 Å². The fourth-order valence-electron chi connectivity index (χ4n) is 3.79. The Balaban J connectivity index is 0.00000450. The number of rotatable bonds is 10. The van der Waals surface area contributed by atoms with Crippen molar-refractivity contribution in [3.05, 3.63) is 55.1 Å². The lowest BCUT2D eigenvalue weighted by atomic mass is 9.90. The largest absolute Gasteiger partial charge is 0.356 e. The van der Waals surface area contributed by atoms with E-state index in [9.17, 15) is 4.79 Å². The van der Waals surface area contributed by atoms with Crippen LogP contribution in [0.15, 0.2) is 54.6 Å². The summed E-state index contributed by atoms with van der Waals surface area (Å²) in [5, 5.41) is 9.79. The summed E-state index contributed by atoms with van der Waals surface area (Å²) >= 11 is 0. The third-order valence-electron chi connectivity index (χ3n) is 5.29. The number of carbonyl (C=O) groups is 1. The van der Waals surface area contributed by atoms with E-state index in [1.54, 1.807) is 7.05 Å². The Bertz CT molecular complexity index is 724. The topological polar surface area (TPSA) is 68.8 Å². The molecule has 0 saturated carbocycles. The zero-order valence-corrected chi connectivity index (χ0v) is 20.7. The molecule has 0 radical (unpaired) electrons. The van der Waals surface area contributed by atoms with Gasteiger partial charge in [-0.05, 0) is 17.5 Å². The van der Waals surface area contributed by atoms with Crippen molar-refractivity contribution < 1.29 is 4.79 Å². The highest BCUT2D eigenvalue weighted by Gasteiger charge is 2.25. The van der Waals surface area contributed by atoms with Crippen molar-refractivity contribution in [2.45, 2.75) is 32.2 Å². The van der Waals surface area contributed by atoms with Crippen molar-refractivity contribution >= 4 is 41.5 Å². The zero-order chi connectivity index (χ0) is 21.2. The lowest BCUT2D eigenvalue weighted by Gasteiger charge is -2.33. The Morgan fingerprint density at radius 3 is 2.53 bits per heavy atom. The molecule has 2 atom stereocenters. The molecule has 2 rings (SSSR count). The minimum absolute atomic E-state index is 0. The summed E-state index contributed by atoms with van der Waals surface area (Å²) in [4.78, 5) is 18.8. The third kappa shape index (κ3) is 7.43. The molecule has 1 aromatic rings. The maximum atomic E-state index is 12.0. The Morgan fingerprint density at radius 1 is 1.27 bits per heavy atom. The Morgan fingerprint density at radius 2 is 1.93 bits per heavy atom. The summed E-state index contributed by atoms with van der Waals surface area (Å²) in [5.41, 5.74) is 2.07. The van der Waals surface area contributed by atoms with Crippen LogP contribution in [0, 0.1) is 5.92 Å². The van der Waals surface area contributed by atoms with Gasteiger partial charge < -0.3 is 16.0 Å². The normalized spacial score (nSPS) is 16.9. The fourth-order valence-corrected chi connectivity index (χ4v) is 3.79. The molecule has 0 fully saturated rings. The fraction of sp³-hybridized carbons (Fsp3) is 0.478. The number of benzene rings is 1. The van der Waals surface area contributed by atoms with E-state index < -0.39 is 0 Å². The van der Waals surface area contributed by atoms with Gasteiger partial charge in [0.25, 0.3) is 0 Å². The number of amides is 1. The van der Waals surface area contributed by atoms with Crippen LogP contribution in [0.1, 0.15) is 31.7 Å². The van der Waals surface area contributed by atoms with Gasteiger partial charge >= 0.3 is 0 Å². The predicted octanol–water partition coefficient (Wildman–Crippen LogP) is 3.59. The van der Waals surface area contributed by atoms with Crippen LogP contribution in [0.4, 0.5) is 5.69 Å². The second kappa shape index (κ2) is 13.4. The quantitative estimate of drug-likeness (QED) is 0.189. The number of anilines is 1. The third-order valence-corrected chi connectivity index (χ3v) is 5.29. The van der Waals surface area contributed by atoms with E-state index in [1.807, 2.05) is 30.4 Å². The Kier molecular flexibility index (Phi) is 11.7. The minimum atomic E-state index is 0. The lowest BCUT2D eigenvalue weighted by Crippen LogP contribution is -2.50. The SMILES string of the molecule is C=CCN(CC=C)C(CNC(=NC)NCC1CC(=O)Nc2ccccc21)C(C)C.I. The highest BCUT2D eigenvalue weighted by molar-refractivity contribution is 14.0. The van der Waals surface area contributed by atoms with Crippen LogP contribution in [0.25, 0.3) is 0 Å². The molecule has 1 aliphatic rings. The summed E-state index contributed by atoms with van der Waals surface area (Å²) in [7, 11) is 1.77. The zero-order valence-electron chi connectivity index (χ0n) is 18.4. The van der Waals surface area contributed by atoms with Crippen LogP contribution in [0.2, 0.25) is 0 Å². The number of aliphatic imine (C=N–C) groups is 1. The van der Waals surface area contributed by atoms with Crippen molar-refractivity contribution in [3.63, 3.8) is 0 Å². The molecule has 3 N–H and O–H groups in total. The number of para-hydroxylation sites is 1. The van der Waals surface area contributed by atoms with Gasteiger partial charge in [0.2, 0.25) is 5.91 Å². The average molecular weight is 525 g/mol. The molecular formula is C23H36IN5O. The van der Waals surface area contributed by atoms with Gasteiger partial charge in [0.05, 0.1) is 0 Å². The molecule has 2 unspecified atom stereocenters. The molecular weight excluding hydrogens is 489 g/mol. The molecule has 166 valence electrons. The van der Waals surface area contributed by atoms with E-state index in [2.05, 4.69) is 58.9 Å². The molecule has 7 heteroatoms. The van der Waals surface area contributed by atoms with E-state index in [0.717, 1.165) is 31.3 Å². The van der Waals surface area contributed by atoms with Gasteiger partial charge in [0.15, 0.2) is 5.96 Å². The Hall–Kier alpha value is -1.87. The van der Waals surface area contributed by atoms with Crippen LogP contribution in [-0.2, 0) is 4.79 Å². The van der Waals surface area contributed by atoms with Crippen LogP contribution in [0.3, 0.4) is 0 Å². The molecule has 30 heavy (non-hydrogen) atoms. The van der Waals surface area contributed by atoms with Crippen LogP contribution >= 0.6 is 24.0 Å². The smallest absolute Gasteiger partial charge is 0.225 e. The molecule has 0 spiro atoms. The van der Waals surface area contributed by atoms with Gasteiger partial charge in [-0.2, -0.15) is 0 Å². The second-order valence-corrected chi connectivity index (χ2v) is 7.71. The molecule has 0 saturated heterocycles. The van der Waals surface area contributed by atoms with Crippen LogP contribution in [0.5, 0.6) is 0 Å². The molecule has 0 aliphatic carbocycles. The maximum Gasteiger partial charge on any atom is 0.225 e. The summed E-state index contributed by atoms with van der Waals surface area (Å²) in [5.74, 6) is 1.39. The van der Waals surface area contributed by atoms with E-state index in [1.165, 1.54) is 5.56 Å². The number of halogens is 1. The number of fused-ring (bicyclic) bond motifs is 1. The minimum Gasteiger partial charge on any atom is -0.356 e. The average Bonchev–Trinajstić information content (AvgIpc) is 2.70. The molecule has 1 aliphatic heterocycles. The number of nitrogens with zero attached hydrogens (tertiary/aromatic N) is 2. The molecule has 1 heterocycles. The number of nitrogens with one attached hydrogen (secondary N) is 3. The molecule has 1 aromatic carbocycles. The standard InChI is InChI=1S/C23H35N5O.HI/c1-6-12-28(13-7-2)21(17(3)4)16-26-23(24-5)25-15-18-14-22(29)27-20-11-9-8-10-19(18)20;/h6-11,17-18,21H,1-2,12-16H2,3-5H3,(H,27,29)(H2,24,25,26);1H. The van der Waals surface area contributed by atoms with Gasteiger partial charge in [-0.1, -0.05) is 44.2 Å². The molecule has 6 nitrogen and oxygen atoms in total. The monoisotopic (exact) mass is 525 g/mol. The second-order valence-electron chi connectivity index (χ2n) is 7.71. The highest BCUT2D eigenvalue weighted by Crippen LogP contribution is 2.31. The maximum absolute atomic E-state index is 12.0. The molecule has 0 bridgehead atoms. The number of hydrogen-bond donors (Lipinski definition) is 3. The number of guanidine groups is 1. The van der Waals surface area contributed by atoms with Crippen molar-refractivity contribution in [2.75, 3.05) is 38.5 Å². The first-order valence-electron chi connectivity index (χ1n) is 10.3. The first-order valence-corrected chi connectivity index (χ1v) is 10.3. The van der Waals surface area contributed by atoms with Gasteiger partial charge in [0.1, 0.15) is 0 Å². The van der Waals surface area contributed by atoms with E-state index in [0.29, 0.717) is 24.9 Å². The highest BCUT2D eigenvalue weighted by atomic mass is 127. The van der Waals surface area contributed by atoms with Crippen molar-refractivity contribution in [1.29, 1.82) is 0 Å². The lowest BCUT2D eigenvalue weighted by molar-refractivity contribution is -0.116. The number of carbonyl (C=O) groups excluding carboxylic acids is 1. The van der Waals surface area contributed by atoms with E-state index >= 15 is 0 Å². The summed E-state index contributed by atoms with van der Waals surface area (Å²) in [6.45, 7) is 15.2. The van der Waals surface area contributed by atoms with Crippen molar-refractivity contribution in [3.8, 4) is 0 Å². The van der Waals surface area contributed by atoms with Crippen LogP contribution in [-0.4, -0.2) is 56.0 Å². The van der Waals surface area contributed by atoms with Gasteiger partial charge in [-0.3, -0.25) is 14.7 Å². The van der Waals surface area contributed by atoms with Crippen molar-refractivity contribution in [1.82, 2.24) is 15.5 Å². The molecule has 0 aromatic heterocycles. The van der Waals surface area contributed by atoms with Gasteiger partial charge in [0, 0.05) is 57.3 Å².